The highest BCUT2D eigenvalue weighted by atomic mass is 32.2. The first-order valence-electron chi connectivity index (χ1n) is 3.86. The highest BCUT2D eigenvalue weighted by molar-refractivity contribution is 8.13. The minimum absolute atomic E-state index is 0.864. The van der Waals surface area contributed by atoms with Gasteiger partial charge in [-0.15, -0.1) is 11.8 Å². The molecule has 1 rings (SSSR count). The van der Waals surface area contributed by atoms with E-state index < -0.39 is 0 Å². The van der Waals surface area contributed by atoms with E-state index in [1.54, 1.807) is 6.34 Å². The Morgan fingerprint density at radius 2 is 2.64 bits per heavy atom. The lowest BCUT2D eigenvalue weighted by Gasteiger charge is -1.99. The maximum absolute atomic E-state index is 4.14. The third-order valence-electron chi connectivity index (χ3n) is 1.27. The second-order valence-corrected chi connectivity index (χ2v) is 3.44. The molecule has 0 saturated carbocycles. The molecule has 1 aliphatic rings. The zero-order valence-electron chi connectivity index (χ0n) is 6.71. The van der Waals surface area contributed by atoms with Crippen LogP contribution in [0.1, 0.15) is 19.8 Å². The molecule has 0 unspecified atom stereocenters. The summed E-state index contributed by atoms with van der Waals surface area (Å²) in [5.74, 6) is 1.15. The molecule has 1 N–H and O–H groups in total. The molecule has 1 aliphatic heterocycles. The van der Waals surface area contributed by atoms with Crippen LogP contribution in [0, 0.1) is 0 Å². The molecule has 0 bridgehead atoms. The summed E-state index contributed by atoms with van der Waals surface area (Å²) in [6.45, 7) is 3.04. The van der Waals surface area contributed by atoms with Crippen molar-refractivity contribution in [3.63, 3.8) is 0 Å². The van der Waals surface area contributed by atoms with Crippen LogP contribution in [0.25, 0.3) is 0 Å². The number of rotatable bonds is 2. The Hall–Kier alpha value is -0.510. The molecule has 0 aromatic carbocycles. The lowest BCUT2D eigenvalue weighted by atomic mass is 10.5. The third-order valence-corrected chi connectivity index (χ3v) is 2.51. The Balaban J connectivity index is 2.27. The maximum Gasteiger partial charge on any atom is 0.103 e. The second kappa shape index (κ2) is 5.18. The van der Waals surface area contributed by atoms with Gasteiger partial charge in [0.05, 0.1) is 5.04 Å². The molecule has 1 heterocycles. The van der Waals surface area contributed by atoms with Gasteiger partial charge >= 0.3 is 0 Å². The number of hydrogen-bond acceptors (Lipinski definition) is 4. The SMILES string of the molecule is CCCSC1=NNC=NCC1. The van der Waals surface area contributed by atoms with Gasteiger partial charge in [0.15, 0.2) is 0 Å². The quantitative estimate of drug-likeness (QED) is 0.683. The summed E-state index contributed by atoms with van der Waals surface area (Å²) in [5, 5.41) is 5.31. The van der Waals surface area contributed by atoms with Gasteiger partial charge in [-0.1, -0.05) is 6.92 Å². The Kier molecular flexibility index (Phi) is 4.04. The maximum atomic E-state index is 4.14. The summed E-state index contributed by atoms with van der Waals surface area (Å²) in [6.07, 6.45) is 3.83. The van der Waals surface area contributed by atoms with Crippen LogP contribution in [-0.4, -0.2) is 23.7 Å². The summed E-state index contributed by atoms with van der Waals surface area (Å²) in [7, 11) is 0. The van der Waals surface area contributed by atoms with Crippen LogP contribution in [0.2, 0.25) is 0 Å². The van der Waals surface area contributed by atoms with Crippen molar-refractivity contribution < 1.29 is 0 Å². The van der Waals surface area contributed by atoms with Crippen molar-refractivity contribution in [2.24, 2.45) is 10.1 Å². The van der Waals surface area contributed by atoms with Crippen LogP contribution in [0.4, 0.5) is 0 Å². The number of hydrogen-bond donors (Lipinski definition) is 1. The van der Waals surface area contributed by atoms with Crippen molar-refractivity contribution in [3.8, 4) is 0 Å². The Bertz CT molecular complexity index is 165. The fraction of sp³-hybridized carbons (Fsp3) is 0.714. The minimum Gasteiger partial charge on any atom is -0.274 e. The van der Waals surface area contributed by atoms with Gasteiger partial charge in [0, 0.05) is 13.0 Å². The first-order valence-corrected chi connectivity index (χ1v) is 4.85. The first-order chi connectivity index (χ1) is 5.43. The van der Waals surface area contributed by atoms with E-state index in [2.05, 4.69) is 22.4 Å². The van der Waals surface area contributed by atoms with E-state index in [1.165, 1.54) is 11.5 Å². The van der Waals surface area contributed by atoms with E-state index in [1.807, 2.05) is 11.8 Å². The molecule has 4 heteroatoms. The van der Waals surface area contributed by atoms with Gasteiger partial charge in [0.1, 0.15) is 6.34 Å². The van der Waals surface area contributed by atoms with Crippen molar-refractivity contribution in [1.29, 1.82) is 0 Å². The zero-order chi connectivity index (χ0) is 7.94. The van der Waals surface area contributed by atoms with Crippen molar-refractivity contribution in [2.45, 2.75) is 19.8 Å². The summed E-state index contributed by atoms with van der Waals surface area (Å²) < 4.78 is 0. The van der Waals surface area contributed by atoms with E-state index in [-0.39, 0.29) is 0 Å². The molecule has 0 aliphatic carbocycles. The number of hydrazone groups is 1. The molecule has 0 aromatic heterocycles. The monoisotopic (exact) mass is 171 g/mol. The van der Waals surface area contributed by atoms with Crippen LogP contribution in [0.5, 0.6) is 0 Å². The lowest BCUT2D eigenvalue weighted by Crippen LogP contribution is -2.03. The van der Waals surface area contributed by atoms with Gasteiger partial charge in [-0.3, -0.25) is 10.4 Å². The largest absolute Gasteiger partial charge is 0.274 e. The van der Waals surface area contributed by atoms with Crippen LogP contribution < -0.4 is 5.43 Å². The molecule has 62 valence electrons. The van der Waals surface area contributed by atoms with Gasteiger partial charge in [0.2, 0.25) is 0 Å². The molecular formula is C7H13N3S. The van der Waals surface area contributed by atoms with Crippen molar-refractivity contribution in [1.82, 2.24) is 5.43 Å². The van der Waals surface area contributed by atoms with E-state index in [0.29, 0.717) is 0 Å². The van der Waals surface area contributed by atoms with Gasteiger partial charge in [-0.2, -0.15) is 5.10 Å². The summed E-state index contributed by atoms with van der Waals surface area (Å²) in [5.41, 5.74) is 2.78. The fourth-order valence-electron chi connectivity index (χ4n) is 0.747. The van der Waals surface area contributed by atoms with Crippen LogP contribution in [-0.2, 0) is 0 Å². The second-order valence-electron chi connectivity index (χ2n) is 2.27. The molecule has 0 spiro atoms. The van der Waals surface area contributed by atoms with Crippen molar-refractivity contribution in [2.75, 3.05) is 12.3 Å². The molecule has 0 atom stereocenters. The standard InChI is InChI=1S/C7H13N3S/c1-2-5-11-7-3-4-8-6-9-10-7/h6H,2-5H2,1H3,(H,8,9). The molecule has 0 fully saturated rings. The van der Waals surface area contributed by atoms with Gasteiger partial charge in [-0.05, 0) is 12.2 Å². The topological polar surface area (TPSA) is 36.8 Å². The van der Waals surface area contributed by atoms with Gasteiger partial charge < -0.3 is 0 Å². The fourth-order valence-corrected chi connectivity index (χ4v) is 1.54. The minimum atomic E-state index is 0.864. The highest BCUT2D eigenvalue weighted by Crippen LogP contribution is 2.09. The molecule has 11 heavy (non-hydrogen) atoms. The van der Waals surface area contributed by atoms with E-state index in [4.69, 9.17) is 0 Å². The molecule has 0 saturated heterocycles. The molecule has 0 radical (unpaired) electrons. The molecule has 0 amide bonds. The summed E-state index contributed by atoms with van der Waals surface area (Å²) in [6, 6.07) is 0. The number of thioether (sulfide) groups is 1. The average molecular weight is 171 g/mol. The Morgan fingerprint density at radius 3 is 3.45 bits per heavy atom. The van der Waals surface area contributed by atoms with Crippen LogP contribution in [0.15, 0.2) is 10.1 Å². The predicted molar refractivity (Wildman–Crippen MR) is 51.3 cm³/mol. The first kappa shape index (κ1) is 8.59. The number of nitrogens with one attached hydrogen (secondary N) is 1. The number of nitrogens with zero attached hydrogens (tertiary/aromatic N) is 2. The van der Waals surface area contributed by atoms with Gasteiger partial charge in [-0.25, -0.2) is 0 Å². The molecule has 0 aromatic rings. The van der Waals surface area contributed by atoms with E-state index in [9.17, 15) is 0 Å². The zero-order valence-corrected chi connectivity index (χ0v) is 7.52. The Labute approximate surface area is 71.4 Å². The summed E-state index contributed by atoms with van der Waals surface area (Å²) >= 11 is 1.82. The average Bonchev–Trinajstić information content (AvgIpc) is 2.28. The lowest BCUT2D eigenvalue weighted by molar-refractivity contribution is 1.06. The van der Waals surface area contributed by atoms with Crippen molar-refractivity contribution in [3.05, 3.63) is 0 Å². The molecule has 3 nitrogen and oxygen atoms in total. The number of aliphatic imine (C=N–C) groups is 1. The normalized spacial score (nSPS) is 17.0. The van der Waals surface area contributed by atoms with Gasteiger partial charge in [0.25, 0.3) is 0 Å². The van der Waals surface area contributed by atoms with Crippen LogP contribution >= 0.6 is 11.8 Å². The molecular weight excluding hydrogens is 158 g/mol. The van der Waals surface area contributed by atoms with Crippen molar-refractivity contribution >= 4 is 23.1 Å². The third kappa shape index (κ3) is 3.41. The smallest absolute Gasteiger partial charge is 0.103 e. The van der Waals surface area contributed by atoms with E-state index in [0.717, 1.165) is 18.7 Å². The Morgan fingerprint density at radius 1 is 1.73 bits per heavy atom. The summed E-state index contributed by atoms with van der Waals surface area (Å²) in [4.78, 5) is 4.07. The predicted octanol–water partition coefficient (Wildman–Crippen LogP) is 1.46. The van der Waals surface area contributed by atoms with E-state index >= 15 is 0 Å². The highest BCUT2D eigenvalue weighted by Gasteiger charge is 2.00. The van der Waals surface area contributed by atoms with Crippen LogP contribution in [0.3, 0.4) is 0 Å².